The minimum absolute atomic E-state index is 0.0291. The number of amides is 4. The van der Waals surface area contributed by atoms with E-state index in [1.165, 1.54) is 24.3 Å². The zero-order chi connectivity index (χ0) is 26.3. The maximum atomic E-state index is 12.3. The Balaban J connectivity index is 1.37. The third kappa shape index (κ3) is 7.95. The van der Waals surface area contributed by atoms with E-state index in [1.807, 2.05) is 9.44 Å². The van der Waals surface area contributed by atoms with Gasteiger partial charge in [-0.15, -0.1) is 0 Å². The Labute approximate surface area is 212 Å². The molecule has 12 heteroatoms. The van der Waals surface area contributed by atoms with Crippen LogP contribution in [0.25, 0.3) is 0 Å². The molecule has 0 bridgehead atoms. The minimum atomic E-state index is -3.94. The number of urea groups is 2. The van der Waals surface area contributed by atoms with Crippen molar-refractivity contribution >= 4 is 32.1 Å². The lowest BCUT2D eigenvalue weighted by Crippen LogP contribution is -2.43. The highest BCUT2D eigenvalue weighted by atomic mass is 32.2. The van der Waals surface area contributed by atoms with Gasteiger partial charge in [-0.05, 0) is 86.8 Å². The molecule has 1 fully saturated rings. The van der Waals surface area contributed by atoms with Crippen LogP contribution in [0.2, 0.25) is 0 Å². The fourth-order valence-corrected chi connectivity index (χ4v) is 6.18. The predicted molar refractivity (Wildman–Crippen MR) is 135 cm³/mol. The van der Waals surface area contributed by atoms with E-state index in [9.17, 15) is 26.4 Å². The van der Waals surface area contributed by atoms with Crippen molar-refractivity contribution < 1.29 is 26.4 Å². The highest BCUT2D eigenvalue weighted by molar-refractivity contribution is 7.90. The van der Waals surface area contributed by atoms with Crippen LogP contribution in [0.5, 0.6) is 0 Å². The summed E-state index contributed by atoms with van der Waals surface area (Å²) in [5.74, 6) is 0.369. The van der Waals surface area contributed by atoms with Crippen molar-refractivity contribution in [1.29, 1.82) is 0 Å². The Morgan fingerprint density at radius 2 is 1.06 bits per heavy atom. The minimum Gasteiger partial charge on any atom is -0.337 e. The van der Waals surface area contributed by atoms with Crippen LogP contribution in [0.4, 0.5) is 9.59 Å². The van der Waals surface area contributed by atoms with Gasteiger partial charge in [-0.2, -0.15) is 0 Å². The van der Waals surface area contributed by atoms with Crippen LogP contribution < -0.4 is 20.1 Å². The molecule has 0 unspecified atom stereocenters. The van der Waals surface area contributed by atoms with E-state index >= 15 is 0 Å². The van der Waals surface area contributed by atoms with E-state index < -0.39 is 32.1 Å². The van der Waals surface area contributed by atoms with Crippen molar-refractivity contribution in [3.8, 4) is 0 Å². The fourth-order valence-electron chi connectivity index (χ4n) is 4.11. The largest absolute Gasteiger partial charge is 0.337 e. The summed E-state index contributed by atoms with van der Waals surface area (Å²) in [5.41, 5.74) is 1.55. The van der Waals surface area contributed by atoms with E-state index in [1.54, 1.807) is 38.1 Å². The Bertz CT molecular complexity index is 1200. The predicted octanol–water partition coefficient (Wildman–Crippen LogP) is 2.79. The van der Waals surface area contributed by atoms with Crippen LogP contribution in [0, 0.1) is 25.7 Å². The normalized spacial score (nSPS) is 18.2. The van der Waals surface area contributed by atoms with Gasteiger partial charge in [-0.3, -0.25) is 0 Å². The third-order valence-corrected chi connectivity index (χ3v) is 8.78. The van der Waals surface area contributed by atoms with Crippen molar-refractivity contribution in [3.05, 3.63) is 59.7 Å². The van der Waals surface area contributed by atoms with Crippen LogP contribution in [-0.2, 0) is 20.0 Å². The lowest BCUT2D eigenvalue weighted by Gasteiger charge is -2.28. The molecule has 10 nitrogen and oxygen atoms in total. The topological polar surface area (TPSA) is 151 Å². The van der Waals surface area contributed by atoms with Crippen molar-refractivity contribution in [1.82, 2.24) is 20.1 Å². The number of aryl methyl sites for hydroxylation is 2. The molecule has 2 aromatic rings. The van der Waals surface area contributed by atoms with Crippen LogP contribution in [0.3, 0.4) is 0 Å². The average molecular weight is 537 g/mol. The molecule has 1 saturated carbocycles. The average Bonchev–Trinajstić information content (AvgIpc) is 2.81. The Kier molecular flexibility index (Phi) is 8.96. The fraction of sp³-hybridized carbons (Fsp3) is 0.417. The summed E-state index contributed by atoms with van der Waals surface area (Å²) < 4.78 is 53.5. The van der Waals surface area contributed by atoms with E-state index in [2.05, 4.69) is 10.6 Å². The van der Waals surface area contributed by atoms with Gasteiger partial charge in [0.15, 0.2) is 0 Å². The van der Waals surface area contributed by atoms with Gasteiger partial charge in [-0.1, -0.05) is 24.3 Å². The molecule has 3 rings (SSSR count). The van der Waals surface area contributed by atoms with E-state index in [0.717, 1.165) is 36.8 Å². The second-order valence-corrected chi connectivity index (χ2v) is 12.5. The maximum absolute atomic E-state index is 12.3. The molecule has 0 aliphatic heterocycles. The molecule has 0 aromatic heterocycles. The summed E-state index contributed by atoms with van der Waals surface area (Å²) in [6.07, 6.45) is 3.17. The SMILES string of the molecule is Cc1cccc(S(=O)(=O)NC(=O)NCC2CCC(CNC(=O)NS(=O)(=O)c3cccc(C)c3)CC2)c1. The number of hydrogen-bond acceptors (Lipinski definition) is 6. The van der Waals surface area contributed by atoms with Gasteiger partial charge in [0.2, 0.25) is 0 Å². The highest BCUT2D eigenvalue weighted by Gasteiger charge is 2.24. The molecule has 2 aromatic carbocycles. The molecule has 0 spiro atoms. The maximum Gasteiger partial charge on any atom is 0.328 e. The van der Waals surface area contributed by atoms with Crippen molar-refractivity contribution in [2.45, 2.75) is 49.3 Å². The van der Waals surface area contributed by atoms with Crippen molar-refractivity contribution in [3.63, 3.8) is 0 Å². The quantitative estimate of drug-likeness (QED) is 0.407. The molecular weight excluding hydrogens is 504 g/mol. The van der Waals surface area contributed by atoms with Gasteiger partial charge in [0.1, 0.15) is 0 Å². The first-order valence-corrected chi connectivity index (χ1v) is 14.7. The highest BCUT2D eigenvalue weighted by Crippen LogP contribution is 2.28. The lowest BCUT2D eigenvalue weighted by atomic mass is 9.82. The van der Waals surface area contributed by atoms with Crippen LogP contribution in [-0.4, -0.2) is 42.0 Å². The zero-order valence-corrected chi connectivity index (χ0v) is 21.9. The van der Waals surface area contributed by atoms with Gasteiger partial charge in [-0.25, -0.2) is 35.9 Å². The number of carbonyl (C=O) groups excluding carboxylic acids is 2. The summed E-state index contributed by atoms with van der Waals surface area (Å²) in [6, 6.07) is 11.1. The zero-order valence-electron chi connectivity index (χ0n) is 20.3. The molecular formula is C24H32N4O6S2. The smallest absolute Gasteiger partial charge is 0.328 e. The summed E-state index contributed by atoms with van der Waals surface area (Å²) in [4.78, 5) is 24.3. The third-order valence-electron chi connectivity index (χ3n) is 6.12. The summed E-state index contributed by atoms with van der Waals surface area (Å²) in [7, 11) is -7.89. The molecule has 0 heterocycles. The van der Waals surface area contributed by atoms with Gasteiger partial charge in [0.25, 0.3) is 20.0 Å². The first kappa shape index (κ1) is 27.5. The molecule has 196 valence electrons. The lowest BCUT2D eigenvalue weighted by molar-refractivity contribution is 0.228. The van der Waals surface area contributed by atoms with Gasteiger partial charge < -0.3 is 10.6 Å². The van der Waals surface area contributed by atoms with Gasteiger partial charge in [0, 0.05) is 13.1 Å². The number of benzene rings is 2. The Morgan fingerprint density at radius 3 is 1.39 bits per heavy atom. The van der Waals surface area contributed by atoms with E-state index in [4.69, 9.17) is 0 Å². The van der Waals surface area contributed by atoms with E-state index in [-0.39, 0.29) is 21.6 Å². The molecule has 0 atom stereocenters. The Morgan fingerprint density at radius 1 is 0.694 bits per heavy atom. The number of rotatable bonds is 8. The molecule has 0 radical (unpaired) electrons. The monoisotopic (exact) mass is 536 g/mol. The van der Waals surface area contributed by atoms with Gasteiger partial charge >= 0.3 is 12.1 Å². The summed E-state index contributed by atoms with van der Waals surface area (Å²) in [6.45, 7) is 4.21. The molecule has 4 N–H and O–H groups in total. The molecule has 1 aliphatic rings. The second-order valence-electron chi connectivity index (χ2n) is 9.15. The second kappa shape index (κ2) is 11.7. The number of sulfonamides is 2. The van der Waals surface area contributed by atoms with E-state index in [0.29, 0.717) is 13.1 Å². The van der Waals surface area contributed by atoms with Crippen molar-refractivity contribution in [2.24, 2.45) is 11.8 Å². The summed E-state index contributed by atoms with van der Waals surface area (Å²) >= 11 is 0. The van der Waals surface area contributed by atoms with Crippen molar-refractivity contribution in [2.75, 3.05) is 13.1 Å². The number of nitrogens with one attached hydrogen (secondary N) is 4. The first-order chi connectivity index (χ1) is 16.9. The molecule has 36 heavy (non-hydrogen) atoms. The van der Waals surface area contributed by atoms with Crippen LogP contribution >= 0.6 is 0 Å². The Hall–Kier alpha value is -3.12. The van der Waals surface area contributed by atoms with Gasteiger partial charge in [0.05, 0.1) is 9.79 Å². The van der Waals surface area contributed by atoms with Crippen LogP contribution in [0.1, 0.15) is 36.8 Å². The summed E-state index contributed by atoms with van der Waals surface area (Å²) in [5, 5.41) is 5.26. The molecule has 0 saturated heterocycles. The first-order valence-electron chi connectivity index (χ1n) is 11.7. The molecule has 4 amide bonds. The molecule has 1 aliphatic carbocycles. The number of hydrogen-bond donors (Lipinski definition) is 4. The van der Waals surface area contributed by atoms with Crippen LogP contribution in [0.15, 0.2) is 58.3 Å². The number of carbonyl (C=O) groups is 2. The standard InChI is InChI=1S/C24H32N4O6S2/c1-17-5-3-7-21(13-17)35(31,32)27-23(29)25-15-19-9-11-20(12-10-19)16-26-24(30)28-36(33,34)22-8-4-6-18(2)14-22/h3-8,13-14,19-20H,9-12,15-16H2,1-2H3,(H2,25,27,29)(H2,26,28,30).